The van der Waals surface area contributed by atoms with Crippen molar-refractivity contribution >= 4 is 0 Å². The number of methoxy groups -OCH3 is 1. The van der Waals surface area contributed by atoms with Crippen LogP contribution in [-0.2, 0) is 6.54 Å². The van der Waals surface area contributed by atoms with Crippen molar-refractivity contribution in [1.82, 2.24) is 10.2 Å². The molecule has 1 saturated heterocycles. The standard InChI is InChI=1S/C16H25FN2O/c1-12(2)19-7-6-14(11-19)10-18-9-13-4-5-16(20-3)15(17)8-13/h4-5,8,12,14,18H,6-7,9-11H2,1-3H3. The summed E-state index contributed by atoms with van der Waals surface area (Å²) in [5.74, 6) is 0.719. The van der Waals surface area contributed by atoms with Crippen LogP contribution in [0.3, 0.4) is 0 Å². The second kappa shape index (κ2) is 7.04. The van der Waals surface area contributed by atoms with Crippen LogP contribution in [0, 0.1) is 11.7 Å². The number of hydrogen-bond donors (Lipinski definition) is 1. The van der Waals surface area contributed by atoms with Crippen LogP contribution in [0.2, 0.25) is 0 Å². The monoisotopic (exact) mass is 280 g/mol. The number of nitrogens with one attached hydrogen (secondary N) is 1. The summed E-state index contributed by atoms with van der Waals surface area (Å²) >= 11 is 0. The van der Waals surface area contributed by atoms with Crippen molar-refractivity contribution in [1.29, 1.82) is 0 Å². The first-order valence-electron chi connectivity index (χ1n) is 7.37. The van der Waals surface area contributed by atoms with Crippen molar-refractivity contribution in [2.75, 3.05) is 26.7 Å². The number of hydrogen-bond acceptors (Lipinski definition) is 3. The SMILES string of the molecule is COc1ccc(CNCC2CCN(C(C)C)C2)cc1F. The molecule has 0 saturated carbocycles. The molecule has 2 rings (SSSR count). The van der Waals surface area contributed by atoms with Crippen LogP contribution in [0.1, 0.15) is 25.8 Å². The minimum absolute atomic E-state index is 0.293. The van der Waals surface area contributed by atoms with Crippen LogP contribution in [0.25, 0.3) is 0 Å². The molecule has 1 aromatic carbocycles. The highest BCUT2D eigenvalue weighted by Crippen LogP contribution is 2.19. The second-order valence-corrected chi connectivity index (χ2v) is 5.84. The highest BCUT2D eigenvalue weighted by atomic mass is 19.1. The van der Waals surface area contributed by atoms with E-state index in [2.05, 4.69) is 24.1 Å². The average molecular weight is 280 g/mol. The average Bonchev–Trinajstić information content (AvgIpc) is 2.88. The second-order valence-electron chi connectivity index (χ2n) is 5.84. The summed E-state index contributed by atoms with van der Waals surface area (Å²) in [6.45, 7) is 8.56. The highest BCUT2D eigenvalue weighted by molar-refractivity contribution is 5.29. The smallest absolute Gasteiger partial charge is 0.165 e. The van der Waals surface area contributed by atoms with Gasteiger partial charge in [0.2, 0.25) is 0 Å². The van der Waals surface area contributed by atoms with Crippen molar-refractivity contribution in [2.45, 2.75) is 32.9 Å². The van der Waals surface area contributed by atoms with Crippen LogP contribution in [0.15, 0.2) is 18.2 Å². The fourth-order valence-electron chi connectivity index (χ4n) is 2.74. The Hall–Kier alpha value is -1.13. The van der Waals surface area contributed by atoms with E-state index < -0.39 is 0 Å². The van der Waals surface area contributed by atoms with E-state index >= 15 is 0 Å². The molecule has 1 unspecified atom stereocenters. The van der Waals surface area contributed by atoms with Crippen molar-refractivity contribution < 1.29 is 9.13 Å². The van der Waals surface area contributed by atoms with E-state index in [9.17, 15) is 4.39 Å². The van der Waals surface area contributed by atoms with Crippen molar-refractivity contribution in [3.8, 4) is 5.75 Å². The van der Waals surface area contributed by atoms with Crippen LogP contribution in [0.4, 0.5) is 4.39 Å². The van der Waals surface area contributed by atoms with Gasteiger partial charge in [-0.25, -0.2) is 4.39 Å². The Morgan fingerprint density at radius 1 is 1.45 bits per heavy atom. The summed E-state index contributed by atoms with van der Waals surface area (Å²) in [5, 5.41) is 3.43. The first-order valence-corrected chi connectivity index (χ1v) is 7.37. The van der Waals surface area contributed by atoms with E-state index in [0.29, 0.717) is 24.3 Å². The fourth-order valence-corrected chi connectivity index (χ4v) is 2.74. The molecule has 1 aliphatic rings. The molecule has 4 heteroatoms. The van der Waals surface area contributed by atoms with Crippen molar-refractivity contribution in [3.05, 3.63) is 29.6 Å². The Balaban J connectivity index is 1.75. The molecule has 20 heavy (non-hydrogen) atoms. The van der Waals surface area contributed by atoms with Gasteiger partial charge in [-0.1, -0.05) is 6.07 Å². The van der Waals surface area contributed by atoms with Crippen molar-refractivity contribution in [2.24, 2.45) is 5.92 Å². The molecule has 1 aliphatic heterocycles. The zero-order valence-electron chi connectivity index (χ0n) is 12.7. The lowest BCUT2D eigenvalue weighted by Crippen LogP contribution is -2.30. The van der Waals surface area contributed by atoms with Gasteiger partial charge in [-0.15, -0.1) is 0 Å². The van der Waals surface area contributed by atoms with E-state index in [0.717, 1.165) is 12.1 Å². The zero-order chi connectivity index (χ0) is 14.5. The molecule has 0 aliphatic carbocycles. The van der Waals surface area contributed by atoms with Gasteiger partial charge in [-0.3, -0.25) is 0 Å². The van der Waals surface area contributed by atoms with Crippen LogP contribution in [-0.4, -0.2) is 37.7 Å². The first kappa shape index (κ1) is 15.3. The Kier molecular flexibility index (Phi) is 5.38. The Labute approximate surface area is 121 Å². The molecule has 1 aromatic rings. The molecule has 0 aromatic heterocycles. The maximum absolute atomic E-state index is 13.6. The summed E-state index contributed by atoms with van der Waals surface area (Å²) in [5.41, 5.74) is 0.960. The van der Waals surface area contributed by atoms with E-state index in [-0.39, 0.29) is 5.82 Å². The Bertz CT molecular complexity index is 436. The number of halogens is 1. The van der Waals surface area contributed by atoms with Gasteiger partial charge in [0.25, 0.3) is 0 Å². The molecular weight excluding hydrogens is 255 g/mol. The lowest BCUT2D eigenvalue weighted by Gasteiger charge is -2.20. The van der Waals surface area contributed by atoms with E-state index in [1.54, 1.807) is 12.1 Å². The number of benzene rings is 1. The summed E-state index contributed by atoms with van der Waals surface area (Å²) in [4.78, 5) is 2.51. The Morgan fingerprint density at radius 2 is 2.25 bits per heavy atom. The molecule has 0 amide bonds. The van der Waals surface area contributed by atoms with Gasteiger partial charge in [0.1, 0.15) is 0 Å². The predicted octanol–water partition coefficient (Wildman–Crippen LogP) is 2.65. The number of likely N-dealkylation sites (tertiary alicyclic amines) is 1. The summed E-state index contributed by atoms with van der Waals surface area (Å²) < 4.78 is 18.5. The summed E-state index contributed by atoms with van der Waals surface area (Å²) in [7, 11) is 1.48. The van der Waals surface area contributed by atoms with Gasteiger partial charge in [0.05, 0.1) is 7.11 Å². The molecule has 0 spiro atoms. The van der Waals surface area contributed by atoms with Crippen LogP contribution in [0.5, 0.6) is 5.75 Å². The van der Waals surface area contributed by atoms with Gasteiger partial charge >= 0.3 is 0 Å². The molecule has 3 nitrogen and oxygen atoms in total. The molecule has 1 N–H and O–H groups in total. The molecular formula is C16H25FN2O. The van der Waals surface area contributed by atoms with E-state index in [4.69, 9.17) is 4.74 Å². The summed E-state index contributed by atoms with van der Waals surface area (Å²) in [6.07, 6.45) is 1.25. The number of ether oxygens (including phenoxy) is 1. The predicted molar refractivity (Wildman–Crippen MR) is 79.5 cm³/mol. The van der Waals surface area contributed by atoms with Crippen molar-refractivity contribution in [3.63, 3.8) is 0 Å². The normalized spacial score (nSPS) is 19.8. The number of nitrogens with zero attached hydrogens (tertiary/aromatic N) is 1. The minimum Gasteiger partial charge on any atom is -0.494 e. The van der Waals surface area contributed by atoms with Gasteiger partial charge in [0.15, 0.2) is 11.6 Å². The molecule has 0 bridgehead atoms. The van der Waals surface area contributed by atoms with Gasteiger partial charge < -0.3 is 15.0 Å². The lowest BCUT2D eigenvalue weighted by atomic mass is 10.1. The molecule has 1 fully saturated rings. The lowest BCUT2D eigenvalue weighted by molar-refractivity contribution is 0.264. The summed E-state index contributed by atoms with van der Waals surface area (Å²) in [6, 6.07) is 5.77. The number of rotatable bonds is 6. The van der Waals surface area contributed by atoms with Gasteiger partial charge in [-0.05, 0) is 57.0 Å². The fraction of sp³-hybridized carbons (Fsp3) is 0.625. The topological polar surface area (TPSA) is 24.5 Å². The third kappa shape index (κ3) is 3.93. The highest BCUT2D eigenvalue weighted by Gasteiger charge is 2.23. The zero-order valence-corrected chi connectivity index (χ0v) is 12.7. The van der Waals surface area contributed by atoms with Gasteiger partial charge in [0, 0.05) is 19.1 Å². The molecule has 112 valence electrons. The Morgan fingerprint density at radius 3 is 2.85 bits per heavy atom. The maximum atomic E-state index is 13.6. The van der Waals surface area contributed by atoms with Crippen LogP contribution >= 0.6 is 0 Å². The molecule has 1 heterocycles. The van der Waals surface area contributed by atoms with E-state index in [1.165, 1.54) is 26.6 Å². The van der Waals surface area contributed by atoms with Crippen LogP contribution < -0.4 is 10.1 Å². The molecule has 0 radical (unpaired) electrons. The third-order valence-electron chi connectivity index (χ3n) is 4.03. The quantitative estimate of drug-likeness (QED) is 0.867. The first-order chi connectivity index (χ1) is 9.60. The largest absolute Gasteiger partial charge is 0.494 e. The minimum atomic E-state index is -0.293. The third-order valence-corrected chi connectivity index (χ3v) is 4.03. The molecule has 1 atom stereocenters. The van der Waals surface area contributed by atoms with Gasteiger partial charge in [-0.2, -0.15) is 0 Å². The van der Waals surface area contributed by atoms with E-state index in [1.807, 2.05) is 6.07 Å². The maximum Gasteiger partial charge on any atom is 0.165 e.